The number of morpholine rings is 1. The van der Waals surface area contributed by atoms with E-state index in [1.807, 2.05) is 23.1 Å². The number of halogens is 2. The molecule has 0 radical (unpaired) electrons. The van der Waals surface area contributed by atoms with Gasteiger partial charge in [0, 0.05) is 25.2 Å². The van der Waals surface area contributed by atoms with Crippen LogP contribution in [0, 0.1) is 0 Å². The number of rotatable bonds is 8. The second kappa shape index (κ2) is 9.70. The van der Waals surface area contributed by atoms with Crippen molar-refractivity contribution in [1.29, 1.82) is 0 Å². The molecule has 11 nitrogen and oxygen atoms in total. The highest BCUT2D eigenvalue weighted by Gasteiger charge is 2.21. The Morgan fingerprint density at radius 1 is 1.25 bits per heavy atom. The molecule has 3 N–H and O–H groups in total. The quantitative estimate of drug-likeness (QED) is 0.357. The molecule has 186 valence electrons. The van der Waals surface area contributed by atoms with Gasteiger partial charge in [-0.3, -0.25) is 9.36 Å². The van der Waals surface area contributed by atoms with Crippen molar-refractivity contribution in [2.75, 3.05) is 36.5 Å². The first-order valence-electron chi connectivity index (χ1n) is 11.1. The molecule has 1 aliphatic heterocycles. The van der Waals surface area contributed by atoms with E-state index >= 15 is 0 Å². The zero-order chi connectivity index (χ0) is 25.2. The van der Waals surface area contributed by atoms with Crippen LogP contribution in [0.3, 0.4) is 0 Å². The van der Waals surface area contributed by atoms with E-state index in [4.69, 9.17) is 20.4 Å². The molecule has 4 aromatic rings. The summed E-state index contributed by atoms with van der Waals surface area (Å²) in [4.78, 5) is 27.3. The number of fused-ring (bicyclic) bond motifs is 1. The van der Waals surface area contributed by atoms with Crippen molar-refractivity contribution in [2.45, 2.75) is 13.1 Å². The van der Waals surface area contributed by atoms with Gasteiger partial charge in [-0.2, -0.15) is 23.8 Å². The smallest absolute Gasteiger partial charge is 0.333 e. The minimum absolute atomic E-state index is 0.221. The summed E-state index contributed by atoms with van der Waals surface area (Å²) >= 11 is 0. The Morgan fingerprint density at radius 3 is 2.78 bits per heavy atom. The number of nitrogens with zero attached hydrogens (tertiary/aromatic N) is 7. The number of carbonyl (C=O) groups excluding carboxylic acids is 1. The highest BCUT2D eigenvalue weighted by atomic mass is 19.3. The average molecular weight is 495 g/mol. The van der Waals surface area contributed by atoms with E-state index in [1.165, 1.54) is 18.7 Å². The van der Waals surface area contributed by atoms with E-state index in [2.05, 4.69) is 22.0 Å². The van der Waals surface area contributed by atoms with E-state index in [1.54, 1.807) is 10.6 Å². The number of aromatic nitrogens is 6. The van der Waals surface area contributed by atoms with Crippen molar-refractivity contribution in [2.24, 2.45) is 5.73 Å². The molecule has 13 heteroatoms. The molecule has 0 aliphatic carbocycles. The highest BCUT2D eigenvalue weighted by molar-refractivity contribution is 6.17. The monoisotopic (exact) mass is 495 g/mol. The molecular weight excluding hydrogens is 472 g/mol. The number of nitrogens with one attached hydrogen (secondary N) is 1. The van der Waals surface area contributed by atoms with Crippen molar-refractivity contribution >= 4 is 34.4 Å². The molecule has 3 aromatic heterocycles. The molecule has 1 fully saturated rings. The number of alkyl halides is 2. The Labute approximate surface area is 204 Å². The number of benzene rings is 1. The van der Waals surface area contributed by atoms with Gasteiger partial charge in [0.25, 0.3) is 0 Å². The Balaban J connectivity index is 1.51. The van der Waals surface area contributed by atoms with Gasteiger partial charge in [0.1, 0.15) is 6.33 Å². The molecule has 36 heavy (non-hydrogen) atoms. The lowest BCUT2D eigenvalue weighted by Crippen LogP contribution is -2.37. The van der Waals surface area contributed by atoms with Crippen LogP contribution in [-0.2, 0) is 16.1 Å². The molecular formula is C23H23F2N9O2. The summed E-state index contributed by atoms with van der Waals surface area (Å²) in [5.41, 5.74) is 8.38. The van der Waals surface area contributed by atoms with Crippen LogP contribution >= 0.6 is 0 Å². The zero-order valence-corrected chi connectivity index (χ0v) is 19.1. The van der Waals surface area contributed by atoms with Crippen molar-refractivity contribution in [1.82, 2.24) is 29.3 Å². The average Bonchev–Trinajstić information content (AvgIpc) is 3.55. The van der Waals surface area contributed by atoms with Gasteiger partial charge in [-0.05, 0) is 17.2 Å². The van der Waals surface area contributed by atoms with Crippen LogP contribution < -0.4 is 16.0 Å². The van der Waals surface area contributed by atoms with Gasteiger partial charge in [0.2, 0.25) is 11.9 Å². The summed E-state index contributed by atoms with van der Waals surface area (Å²) in [5, 5.41) is 7.01. The third-order valence-electron chi connectivity index (χ3n) is 5.78. The van der Waals surface area contributed by atoms with Crippen molar-refractivity contribution in [3.63, 3.8) is 0 Å². The predicted octanol–water partition coefficient (Wildman–Crippen LogP) is 2.35. The number of primary amides is 1. The molecule has 4 heterocycles. The van der Waals surface area contributed by atoms with Gasteiger partial charge < -0.3 is 20.7 Å². The lowest BCUT2D eigenvalue weighted by molar-refractivity contribution is -0.112. The summed E-state index contributed by atoms with van der Waals surface area (Å²) in [6.45, 7) is 3.65. The van der Waals surface area contributed by atoms with E-state index < -0.39 is 12.5 Å². The van der Waals surface area contributed by atoms with E-state index in [0.29, 0.717) is 71.7 Å². The molecule has 1 aromatic carbocycles. The molecule has 5 rings (SSSR count). The Bertz CT molecular complexity index is 1430. The van der Waals surface area contributed by atoms with Crippen LogP contribution in [0.15, 0.2) is 49.6 Å². The Kier molecular flexibility index (Phi) is 6.29. The summed E-state index contributed by atoms with van der Waals surface area (Å²) in [6, 6.07) is 7.28. The molecule has 0 spiro atoms. The zero-order valence-electron chi connectivity index (χ0n) is 19.1. The van der Waals surface area contributed by atoms with Crippen molar-refractivity contribution < 1.29 is 18.3 Å². The molecule has 0 atom stereocenters. The number of carbonyl (C=O) groups is 1. The van der Waals surface area contributed by atoms with E-state index in [-0.39, 0.29) is 5.57 Å². The lowest BCUT2D eigenvalue weighted by atomic mass is 10.0. The molecule has 1 saturated heterocycles. The molecule has 0 unspecified atom stereocenters. The predicted molar refractivity (Wildman–Crippen MR) is 129 cm³/mol. The third-order valence-corrected chi connectivity index (χ3v) is 5.78. The lowest BCUT2D eigenvalue weighted by Gasteiger charge is -2.27. The fourth-order valence-electron chi connectivity index (χ4n) is 3.86. The second-order valence-corrected chi connectivity index (χ2v) is 8.11. The maximum atomic E-state index is 13.1. The van der Waals surface area contributed by atoms with Gasteiger partial charge >= 0.3 is 6.55 Å². The first kappa shape index (κ1) is 23.4. The van der Waals surface area contributed by atoms with Gasteiger partial charge in [0.15, 0.2) is 17.0 Å². The van der Waals surface area contributed by atoms with E-state index in [9.17, 15) is 13.6 Å². The number of hydrogen-bond acceptors (Lipinski definition) is 8. The fraction of sp³-hybridized carbons (Fsp3) is 0.261. The SMILES string of the molecule is C=C(C(N)=O)c1cccc(CNc2nc(N3CCOCC3)nc3c2ncn3-c2cnn(C(F)F)c2)c1. The standard InChI is InChI=1S/C23H23F2N9O2/c1-14(19(26)35)16-4-2-3-15(9-16)10-27-20-18-21(31-23(30-20)32-5-7-36-8-6-32)33(13-28-18)17-11-29-34(12-17)22(24)25/h2-4,9,11-13,22H,1,5-8,10H2,(H2,26,35)(H,27,30,31). The second-order valence-electron chi connectivity index (χ2n) is 8.11. The van der Waals surface area contributed by atoms with Gasteiger partial charge in [-0.15, -0.1) is 0 Å². The number of imidazole rings is 1. The number of nitrogens with two attached hydrogens (primary N) is 1. The number of amides is 1. The summed E-state index contributed by atoms with van der Waals surface area (Å²) in [5.74, 6) is 0.348. The summed E-state index contributed by atoms with van der Waals surface area (Å²) in [7, 11) is 0. The largest absolute Gasteiger partial charge is 0.378 e. The molecule has 0 saturated carbocycles. The Morgan fingerprint density at radius 2 is 2.06 bits per heavy atom. The van der Waals surface area contributed by atoms with Crippen LogP contribution in [0.4, 0.5) is 20.5 Å². The summed E-state index contributed by atoms with van der Waals surface area (Å²) < 4.78 is 33.8. The minimum atomic E-state index is -2.76. The van der Waals surface area contributed by atoms with Gasteiger partial charge in [0.05, 0.1) is 31.3 Å². The van der Waals surface area contributed by atoms with Crippen LogP contribution in [0.5, 0.6) is 0 Å². The topological polar surface area (TPSA) is 129 Å². The Hall–Kier alpha value is -4.39. The van der Waals surface area contributed by atoms with Gasteiger partial charge in [-0.1, -0.05) is 24.8 Å². The first-order chi connectivity index (χ1) is 17.4. The maximum absolute atomic E-state index is 13.1. The van der Waals surface area contributed by atoms with Crippen molar-refractivity contribution in [3.05, 3.63) is 60.7 Å². The molecule has 1 aliphatic rings. The van der Waals surface area contributed by atoms with Gasteiger partial charge in [-0.25, -0.2) is 9.67 Å². The number of anilines is 2. The number of hydrogen-bond donors (Lipinski definition) is 2. The minimum Gasteiger partial charge on any atom is -0.378 e. The normalized spacial score (nSPS) is 13.9. The van der Waals surface area contributed by atoms with Crippen LogP contribution in [0.25, 0.3) is 22.4 Å². The maximum Gasteiger partial charge on any atom is 0.333 e. The van der Waals surface area contributed by atoms with Crippen LogP contribution in [0.2, 0.25) is 0 Å². The highest BCUT2D eigenvalue weighted by Crippen LogP contribution is 2.26. The number of ether oxygens (including phenoxy) is 1. The first-order valence-corrected chi connectivity index (χ1v) is 11.1. The third kappa shape index (κ3) is 4.60. The van der Waals surface area contributed by atoms with Crippen molar-refractivity contribution in [3.8, 4) is 5.69 Å². The van der Waals surface area contributed by atoms with Crippen LogP contribution in [0.1, 0.15) is 17.7 Å². The summed E-state index contributed by atoms with van der Waals surface area (Å²) in [6.07, 6.45) is 4.05. The fourth-order valence-corrected chi connectivity index (χ4v) is 3.86. The van der Waals surface area contributed by atoms with Crippen LogP contribution in [-0.4, -0.2) is 61.5 Å². The molecule has 0 bridgehead atoms. The van der Waals surface area contributed by atoms with E-state index in [0.717, 1.165) is 5.56 Å². The molecule has 1 amide bonds.